The summed E-state index contributed by atoms with van der Waals surface area (Å²) in [6, 6.07) is 0.0176. The second-order valence-electron chi connectivity index (χ2n) is 4.28. The van der Waals surface area contributed by atoms with E-state index in [4.69, 9.17) is 0 Å². The molecule has 0 spiro atoms. The number of piperidine rings is 1. The van der Waals surface area contributed by atoms with E-state index in [-0.39, 0.29) is 24.5 Å². The lowest BCUT2D eigenvalue weighted by Crippen LogP contribution is -2.51. The molecule has 5 nitrogen and oxygen atoms in total. The van der Waals surface area contributed by atoms with Crippen molar-refractivity contribution >= 4 is 22.6 Å². The van der Waals surface area contributed by atoms with Crippen LogP contribution in [0.5, 0.6) is 0 Å². The Morgan fingerprint density at radius 3 is 2.50 bits per heavy atom. The van der Waals surface area contributed by atoms with Gasteiger partial charge in [0.15, 0.2) is 0 Å². The van der Waals surface area contributed by atoms with Crippen LogP contribution in [0.3, 0.4) is 0 Å². The predicted octanol–water partition coefficient (Wildman–Crippen LogP) is 0.335. The van der Waals surface area contributed by atoms with E-state index in [0.717, 1.165) is 25.9 Å². The first-order valence-electron chi connectivity index (χ1n) is 5.39. The maximum absolute atomic E-state index is 11.8. The number of nitrogens with one attached hydrogen (secondary N) is 2. The molecule has 16 heavy (non-hydrogen) atoms. The highest BCUT2D eigenvalue weighted by Gasteiger charge is 2.24. The molecule has 98 valence electrons. The minimum absolute atomic E-state index is 0. The second-order valence-corrected chi connectivity index (χ2v) is 6.04. The molecule has 0 aromatic heterocycles. The predicted molar refractivity (Wildman–Crippen MR) is 68.1 cm³/mol. The van der Waals surface area contributed by atoms with Crippen LogP contribution in [0.2, 0.25) is 0 Å². The summed E-state index contributed by atoms with van der Waals surface area (Å²) in [6.45, 7) is 5.43. The molecule has 7 heteroatoms. The van der Waals surface area contributed by atoms with Crippen molar-refractivity contribution in [2.75, 3.05) is 20.1 Å². The number of hydrogen-bond acceptors (Lipinski definition) is 3. The van der Waals surface area contributed by atoms with Gasteiger partial charge in [-0.1, -0.05) is 0 Å². The largest absolute Gasteiger partial charge is 0.315 e. The molecule has 1 saturated heterocycles. The fraction of sp³-hybridized carbons (Fsp3) is 1.00. The molecule has 2 N–H and O–H groups in total. The Morgan fingerprint density at radius 1 is 1.44 bits per heavy atom. The first-order chi connectivity index (χ1) is 6.93. The van der Waals surface area contributed by atoms with Gasteiger partial charge < -0.3 is 5.32 Å². The zero-order valence-electron chi connectivity index (χ0n) is 10.1. The molecule has 1 rings (SSSR count). The Balaban J connectivity index is 0.00000225. The van der Waals surface area contributed by atoms with Crippen molar-refractivity contribution in [2.24, 2.45) is 0 Å². The lowest BCUT2D eigenvalue weighted by molar-refractivity contribution is 0.377. The Morgan fingerprint density at radius 2 is 2.06 bits per heavy atom. The van der Waals surface area contributed by atoms with Crippen molar-refractivity contribution in [3.05, 3.63) is 0 Å². The van der Waals surface area contributed by atoms with Gasteiger partial charge in [-0.2, -0.15) is 17.4 Å². The zero-order chi connectivity index (χ0) is 11.5. The van der Waals surface area contributed by atoms with Crippen LogP contribution in [0, 0.1) is 0 Å². The van der Waals surface area contributed by atoms with Gasteiger partial charge in [0.1, 0.15) is 0 Å². The Hall–Kier alpha value is 0.120. The van der Waals surface area contributed by atoms with Gasteiger partial charge in [-0.05, 0) is 33.2 Å². The summed E-state index contributed by atoms with van der Waals surface area (Å²) < 4.78 is 27.7. The van der Waals surface area contributed by atoms with E-state index in [2.05, 4.69) is 10.0 Å². The van der Waals surface area contributed by atoms with Crippen molar-refractivity contribution < 1.29 is 8.42 Å². The van der Waals surface area contributed by atoms with Gasteiger partial charge in [0.25, 0.3) is 10.2 Å². The van der Waals surface area contributed by atoms with E-state index >= 15 is 0 Å². The molecule has 1 fully saturated rings. The zero-order valence-corrected chi connectivity index (χ0v) is 11.7. The lowest BCUT2D eigenvalue weighted by atomic mass is 10.1. The third-order valence-electron chi connectivity index (χ3n) is 2.72. The third kappa shape index (κ3) is 4.55. The quantitative estimate of drug-likeness (QED) is 0.775. The summed E-state index contributed by atoms with van der Waals surface area (Å²) in [5.41, 5.74) is 0. The van der Waals surface area contributed by atoms with Crippen LogP contribution in [-0.4, -0.2) is 44.9 Å². The van der Waals surface area contributed by atoms with Crippen LogP contribution in [-0.2, 0) is 10.2 Å². The SMILES string of the molecule is CC(C)N(C)S(=O)(=O)N[C@H]1CCCNC1.Cl. The van der Waals surface area contributed by atoms with Crippen molar-refractivity contribution in [3.63, 3.8) is 0 Å². The molecule has 0 saturated carbocycles. The molecular weight excluding hydrogens is 250 g/mol. The molecule has 0 unspecified atom stereocenters. The number of halogens is 1. The van der Waals surface area contributed by atoms with Gasteiger partial charge in [-0.15, -0.1) is 12.4 Å². The highest BCUT2D eigenvalue weighted by molar-refractivity contribution is 7.87. The van der Waals surface area contributed by atoms with Crippen molar-refractivity contribution in [2.45, 2.75) is 38.8 Å². The fourth-order valence-corrected chi connectivity index (χ4v) is 2.87. The molecule has 0 radical (unpaired) electrons. The average Bonchev–Trinajstić information content (AvgIpc) is 2.17. The fourth-order valence-electron chi connectivity index (χ4n) is 1.52. The minimum Gasteiger partial charge on any atom is -0.315 e. The van der Waals surface area contributed by atoms with Crippen LogP contribution in [0.1, 0.15) is 26.7 Å². The topological polar surface area (TPSA) is 61.4 Å². The summed E-state index contributed by atoms with van der Waals surface area (Å²) in [7, 11) is -1.72. The van der Waals surface area contributed by atoms with Crippen LogP contribution in [0.4, 0.5) is 0 Å². The second kappa shape index (κ2) is 6.76. The van der Waals surface area contributed by atoms with Gasteiger partial charge in [-0.25, -0.2) is 0 Å². The highest BCUT2D eigenvalue weighted by atomic mass is 35.5. The van der Waals surface area contributed by atoms with E-state index in [1.165, 1.54) is 4.31 Å². The molecule has 1 aliphatic rings. The lowest BCUT2D eigenvalue weighted by Gasteiger charge is -2.28. The highest BCUT2D eigenvalue weighted by Crippen LogP contribution is 2.06. The summed E-state index contributed by atoms with van der Waals surface area (Å²) in [5.74, 6) is 0. The number of rotatable bonds is 4. The average molecular weight is 272 g/mol. The van der Waals surface area contributed by atoms with Crippen LogP contribution in [0.15, 0.2) is 0 Å². The van der Waals surface area contributed by atoms with Crippen LogP contribution < -0.4 is 10.0 Å². The molecule has 0 aromatic rings. The summed E-state index contributed by atoms with van der Waals surface area (Å²) >= 11 is 0. The van der Waals surface area contributed by atoms with E-state index in [1.807, 2.05) is 13.8 Å². The van der Waals surface area contributed by atoms with Gasteiger partial charge >= 0.3 is 0 Å². The van der Waals surface area contributed by atoms with Gasteiger partial charge in [0.05, 0.1) is 0 Å². The van der Waals surface area contributed by atoms with E-state index in [1.54, 1.807) is 7.05 Å². The Bertz CT molecular complexity index is 289. The molecule has 0 amide bonds. The molecule has 0 aromatic carbocycles. The first kappa shape index (κ1) is 16.1. The summed E-state index contributed by atoms with van der Waals surface area (Å²) in [4.78, 5) is 0. The van der Waals surface area contributed by atoms with Crippen LogP contribution in [0.25, 0.3) is 0 Å². The van der Waals surface area contributed by atoms with E-state index < -0.39 is 10.2 Å². The monoisotopic (exact) mass is 271 g/mol. The normalized spacial score (nSPS) is 22.2. The summed E-state index contributed by atoms with van der Waals surface area (Å²) in [5, 5.41) is 3.18. The number of nitrogens with zero attached hydrogens (tertiary/aromatic N) is 1. The molecular formula is C9H22ClN3O2S. The van der Waals surface area contributed by atoms with Crippen LogP contribution >= 0.6 is 12.4 Å². The van der Waals surface area contributed by atoms with E-state index in [9.17, 15) is 8.42 Å². The van der Waals surface area contributed by atoms with Crippen molar-refractivity contribution in [1.82, 2.24) is 14.3 Å². The third-order valence-corrected chi connectivity index (χ3v) is 4.53. The molecule has 0 bridgehead atoms. The number of hydrogen-bond donors (Lipinski definition) is 2. The Kier molecular flexibility index (Phi) is 6.81. The Labute approximate surface area is 105 Å². The van der Waals surface area contributed by atoms with Gasteiger partial charge in [0.2, 0.25) is 0 Å². The smallest absolute Gasteiger partial charge is 0.279 e. The van der Waals surface area contributed by atoms with Crippen molar-refractivity contribution in [3.8, 4) is 0 Å². The molecule has 1 heterocycles. The molecule has 0 aliphatic carbocycles. The molecule has 1 atom stereocenters. The maximum atomic E-state index is 11.8. The van der Waals surface area contributed by atoms with Gasteiger partial charge in [-0.3, -0.25) is 0 Å². The van der Waals surface area contributed by atoms with Crippen molar-refractivity contribution in [1.29, 1.82) is 0 Å². The molecule has 1 aliphatic heterocycles. The first-order valence-corrected chi connectivity index (χ1v) is 6.83. The standard InChI is InChI=1S/C9H21N3O2S.ClH/c1-8(2)12(3)15(13,14)11-9-5-4-6-10-7-9;/h8-11H,4-7H2,1-3H3;1H/t9-;/m0./s1. The van der Waals surface area contributed by atoms with Gasteiger partial charge in [0, 0.05) is 25.7 Å². The van der Waals surface area contributed by atoms with E-state index in [0.29, 0.717) is 0 Å². The maximum Gasteiger partial charge on any atom is 0.279 e. The minimum atomic E-state index is -3.32. The summed E-state index contributed by atoms with van der Waals surface area (Å²) in [6.07, 6.45) is 1.94.